The van der Waals surface area contributed by atoms with E-state index < -0.39 is 0 Å². The number of hydrogen-bond donors (Lipinski definition) is 0. The van der Waals surface area contributed by atoms with Crippen molar-refractivity contribution < 1.29 is 9.59 Å². The van der Waals surface area contributed by atoms with Crippen LogP contribution in [0.3, 0.4) is 0 Å². The molecule has 1 aromatic carbocycles. The van der Waals surface area contributed by atoms with Gasteiger partial charge in [0.05, 0.1) is 27.6 Å². The average molecular weight is 322 g/mol. The fraction of sp³-hybridized carbons (Fsp3) is 0.375. The summed E-state index contributed by atoms with van der Waals surface area (Å²) in [5, 5.41) is 0.768. The van der Waals surface area contributed by atoms with E-state index in [1.165, 1.54) is 4.90 Å². The Bertz CT molecular complexity index is 653. The topological polar surface area (TPSA) is 37.4 Å². The van der Waals surface area contributed by atoms with Gasteiger partial charge in [-0.15, -0.1) is 0 Å². The molecule has 4 atom stereocenters. The van der Waals surface area contributed by atoms with Crippen molar-refractivity contribution in [2.75, 3.05) is 4.90 Å². The molecule has 0 spiro atoms. The zero-order valence-corrected chi connectivity index (χ0v) is 12.6. The van der Waals surface area contributed by atoms with Gasteiger partial charge in [-0.1, -0.05) is 35.4 Å². The maximum absolute atomic E-state index is 12.7. The molecule has 1 aliphatic heterocycles. The third-order valence-corrected chi connectivity index (χ3v) is 5.66. The van der Waals surface area contributed by atoms with Gasteiger partial charge in [0, 0.05) is 0 Å². The van der Waals surface area contributed by atoms with E-state index >= 15 is 0 Å². The van der Waals surface area contributed by atoms with Crippen molar-refractivity contribution >= 4 is 40.7 Å². The lowest BCUT2D eigenvalue weighted by Crippen LogP contribution is -2.38. The first-order valence-electron chi connectivity index (χ1n) is 7.09. The van der Waals surface area contributed by atoms with E-state index in [0.29, 0.717) is 15.7 Å². The van der Waals surface area contributed by atoms with Crippen molar-refractivity contribution in [3.8, 4) is 0 Å². The summed E-state index contributed by atoms with van der Waals surface area (Å²) in [7, 11) is 0. The molecule has 0 radical (unpaired) electrons. The second kappa shape index (κ2) is 4.59. The molecular formula is C16H13Cl2NO2. The van der Waals surface area contributed by atoms with Crippen LogP contribution in [-0.4, -0.2) is 11.8 Å². The number of anilines is 1. The number of carbonyl (C=O) groups is 2. The normalized spacial score (nSPS) is 33.7. The van der Waals surface area contributed by atoms with Gasteiger partial charge in [0.2, 0.25) is 11.8 Å². The van der Waals surface area contributed by atoms with Crippen LogP contribution < -0.4 is 4.90 Å². The predicted octanol–water partition coefficient (Wildman–Crippen LogP) is 3.70. The van der Waals surface area contributed by atoms with Crippen molar-refractivity contribution in [3.05, 3.63) is 40.4 Å². The van der Waals surface area contributed by atoms with Crippen molar-refractivity contribution in [2.24, 2.45) is 23.7 Å². The molecule has 1 aromatic rings. The summed E-state index contributed by atoms with van der Waals surface area (Å²) in [5.41, 5.74) is 0.521. The van der Waals surface area contributed by atoms with Crippen LogP contribution >= 0.6 is 23.2 Å². The lowest BCUT2D eigenvalue weighted by Gasteiger charge is -2.38. The zero-order chi connectivity index (χ0) is 14.7. The first-order chi connectivity index (χ1) is 10.1. The molecular weight excluding hydrogens is 309 g/mol. The van der Waals surface area contributed by atoms with Crippen molar-refractivity contribution in [1.82, 2.24) is 0 Å². The molecule has 0 N–H and O–H groups in total. The molecule has 0 unspecified atom stereocenters. The summed E-state index contributed by atoms with van der Waals surface area (Å²) in [6, 6.07) is 4.89. The monoisotopic (exact) mass is 321 g/mol. The maximum atomic E-state index is 12.7. The fourth-order valence-electron chi connectivity index (χ4n) is 3.95. The highest BCUT2D eigenvalue weighted by atomic mass is 35.5. The van der Waals surface area contributed by atoms with Crippen molar-refractivity contribution in [1.29, 1.82) is 0 Å². The molecule has 5 heteroatoms. The lowest BCUT2D eigenvalue weighted by atomic mass is 9.63. The van der Waals surface area contributed by atoms with Crippen LogP contribution in [0.25, 0.3) is 0 Å². The largest absolute Gasteiger partial charge is 0.274 e. The Morgan fingerprint density at radius 3 is 1.95 bits per heavy atom. The van der Waals surface area contributed by atoms with Gasteiger partial charge in [0.1, 0.15) is 0 Å². The third kappa shape index (κ3) is 1.80. The minimum absolute atomic E-state index is 0.0950. The molecule has 1 heterocycles. The number of fused-ring (bicyclic) bond motifs is 1. The molecule has 3 nitrogen and oxygen atoms in total. The van der Waals surface area contributed by atoms with Gasteiger partial charge < -0.3 is 0 Å². The Hall–Kier alpha value is -1.32. The van der Waals surface area contributed by atoms with E-state index in [9.17, 15) is 9.59 Å². The van der Waals surface area contributed by atoms with Crippen LogP contribution in [0.1, 0.15) is 12.8 Å². The molecule has 1 saturated carbocycles. The van der Waals surface area contributed by atoms with Gasteiger partial charge in [-0.25, -0.2) is 4.90 Å². The van der Waals surface area contributed by atoms with Crippen molar-refractivity contribution in [2.45, 2.75) is 12.8 Å². The number of imide groups is 1. The number of benzene rings is 1. The summed E-state index contributed by atoms with van der Waals surface area (Å²) in [6.45, 7) is 0. The Balaban J connectivity index is 1.76. The molecule has 21 heavy (non-hydrogen) atoms. The molecule has 2 bridgehead atoms. The van der Waals surface area contributed by atoms with Gasteiger partial charge in [0.25, 0.3) is 0 Å². The minimum Gasteiger partial charge on any atom is -0.274 e. The lowest BCUT2D eigenvalue weighted by molar-refractivity contribution is -0.124. The van der Waals surface area contributed by atoms with Crippen LogP contribution in [0.15, 0.2) is 30.4 Å². The number of nitrogens with zero attached hydrogens (tertiary/aromatic N) is 1. The van der Waals surface area contributed by atoms with Crippen LogP contribution in [0.4, 0.5) is 5.69 Å². The third-order valence-electron chi connectivity index (χ3n) is 4.92. The van der Waals surface area contributed by atoms with Gasteiger partial charge in [-0.3, -0.25) is 9.59 Å². The van der Waals surface area contributed by atoms with Gasteiger partial charge in [0.15, 0.2) is 0 Å². The van der Waals surface area contributed by atoms with Crippen LogP contribution in [0.5, 0.6) is 0 Å². The van der Waals surface area contributed by atoms with Gasteiger partial charge in [-0.05, 0) is 42.9 Å². The Morgan fingerprint density at radius 1 is 0.905 bits per heavy atom. The maximum Gasteiger partial charge on any atom is 0.238 e. The van der Waals surface area contributed by atoms with Gasteiger partial charge in [-0.2, -0.15) is 0 Å². The van der Waals surface area contributed by atoms with Crippen molar-refractivity contribution in [3.63, 3.8) is 0 Å². The van der Waals surface area contributed by atoms with Crippen LogP contribution in [-0.2, 0) is 9.59 Å². The molecule has 3 aliphatic carbocycles. The summed E-state index contributed by atoms with van der Waals surface area (Å²) in [6.07, 6.45) is 6.21. The highest BCUT2D eigenvalue weighted by molar-refractivity contribution is 6.42. The SMILES string of the molecule is O=C1[C@H]2[C@H](C(=O)N1c1ccc(Cl)c(Cl)c1)[C@H]1C=C[C@H]2CC1. The Labute approximate surface area is 132 Å². The summed E-state index contributed by atoms with van der Waals surface area (Å²) in [5.74, 6) is -0.190. The fourth-order valence-corrected chi connectivity index (χ4v) is 4.25. The van der Waals surface area contributed by atoms with Crippen LogP contribution in [0, 0.1) is 23.7 Å². The van der Waals surface area contributed by atoms with E-state index in [1.54, 1.807) is 18.2 Å². The van der Waals surface area contributed by atoms with Gasteiger partial charge >= 0.3 is 0 Å². The second-order valence-corrected chi connectivity index (χ2v) is 6.77. The van der Waals surface area contributed by atoms with E-state index in [-0.39, 0.29) is 35.5 Å². The standard InChI is InChI=1S/C16H13Cl2NO2/c17-11-6-5-10(7-12(11)18)19-15(20)13-8-1-2-9(4-3-8)14(13)16(19)21/h1-2,5-9,13-14H,3-4H2/t8-,9-,13+,14+/m0/s1. The molecule has 4 aliphatic rings. The second-order valence-electron chi connectivity index (χ2n) is 5.95. The van der Waals surface area contributed by atoms with Crippen LogP contribution in [0.2, 0.25) is 10.0 Å². The number of amides is 2. The molecule has 5 rings (SSSR count). The molecule has 1 saturated heterocycles. The first-order valence-corrected chi connectivity index (χ1v) is 7.84. The first kappa shape index (κ1) is 13.4. The van der Waals surface area contributed by atoms with E-state index in [1.807, 2.05) is 0 Å². The Morgan fingerprint density at radius 2 is 1.48 bits per heavy atom. The van der Waals surface area contributed by atoms with E-state index in [0.717, 1.165) is 12.8 Å². The van der Waals surface area contributed by atoms with E-state index in [2.05, 4.69) is 12.2 Å². The number of allylic oxidation sites excluding steroid dienone is 2. The minimum atomic E-state index is -0.198. The number of rotatable bonds is 1. The quantitative estimate of drug-likeness (QED) is 0.584. The highest BCUT2D eigenvalue weighted by Crippen LogP contribution is 2.50. The predicted molar refractivity (Wildman–Crippen MR) is 81.3 cm³/mol. The number of hydrogen-bond acceptors (Lipinski definition) is 2. The highest BCUT2D eigenvalue weighted by Gasteiger charge is 2.56. The molecule has 2 amide bonds. The smallest absolute Gasteiger partial charge is 0.238 e. The molecule has 2 fully saturated rings. The summed E-state index contributed by atoms with van der Waals surface area (Å²) >= 11 is 11.9. The molecule has 108 valence electrons. The van der Waals surface area contributed by atoms with E-state index in [4.69, 9.17) is 23.2 Å². The Kier molecular flexibility index (Phi) is 2.92. The molecule has 0 aromatic heterocycles. The zero-order valence-electron chi connectivity index (χ0n) is 11.1. The summed E-state index contributed by atoms with van der Waals surface area (Å²) < 4.78 is 0. The number of carbonyl (C=O) groups excluding carboxylic acids is 2. The summed E-state index contributed by atoms with van der Waals surface area (Å²) in [4.78, 5) is 26.8. The average Bonchev–Trinajstić information content (AvgIpc) is 2.78. The number of halogens is 2.